The third kappa shape index (κ3) is 2.05. The summed E-state index contributed by atoms with van der Waals surface area (Å²) in [6, 6.07) is 8.56. The lowest BCUT2D eigenvalue weighted by Crippen LogP contribution is -2.17. The Hall–Kier alpha value is -2.35. The van der Waals surface area contributed by atoms with E-state index in [1.165, 1.54) is 6.20 Å². The van der Waals surface area contributed by atoms with Crippen LogP contribution in [0.4, 0.5) is 4.39 Å². The second-order valence-corrected chi connectivity index (χ2v) is 3.70. The van der Waals surface area contributed by atoms with E-state index in [4.69, 9.17) is 5.26 Å². The fraction of sp³-hybridized carbons (Fsp3) is 0.231. The van der Waals surface area contributed by atoms with Gasteiger partial charge >= 0.3 is 5.97 Å². The molecule has 18 heavy (non-hydrogen) atoms. The first-order valence-corrected chi connectivity index (χ1v) is 5.48. The van der Waals surface area contributed by atoms with Gasteiger partial charge in [-0.2, -0.15) is 5.26 Å². The van der Waals surface area contributed by atoms with Crippen molar-refractivity contribution in [3.8, 4) is 6.07 Å². The minimum Gasteiger partial charge on any atom is -0.462 e. The molecule has 0 aliphatic heterocycles. The van der Waals surface area contributed by atoms with Gasteiger partial charge in [-0.15, -0.1) is 0 Å². The molecule has 0 bridgehead atoms. The molecule has 0 N–H and O–H groups in total. The zero-order valence-electron chi connectivity index (χ0n) is 9.76. The molecule has 0 aliphatic rings. The maximum atomic E-state index is 13.9. The van der Waals surface area contributed by atoms with Gasteiger partial charge < -0.3 is 9.30 Å². The van der Waals surface area contributed by atoms with Crippen LogP contribution in [0.25, 0.3) is 10.9 Å². The third-order valence-corrected chi connectivity index (χ3v) is 2.58. The minimum absolute atomic E-state index is 0.127. The van der Waals surface area contributed by atoms with Crippen LogP contribution in [0.15, 0.2) is 30.5 Å². The number of carbonyl (C=O) groups is 1. The van der Waals surface area contributed by atoms with Gasteiger partial charge in [0.1, 0.15) is 0 Å². The predicted molar refractivity (Wildman–Crippen MR) is 63.4 cm³/mol. The first-order valence-electron chi connectivity index (χ1n) is 5.48. The van der Waals surface area contributed by atoms with Gasteiger partial charge in [-0.05, 0) is 30.5 Å². The number of nitriles is 1. The fourth-order valence-corrected chi connectivity index (χ4v) is 1.74. The first-order chi connectivity index (χ1) is 8.67. The number of benzene rings is 1. The highest BCUT2D eigenvalue weighted by atomic mass is 19.1. The molecule has 0 saturated heterocycles. The Morgan fingerprint density at radius 2 is 2.33 bits per heavy atom. The summed E-state index contributed by atoms with van der Waals surface area (Å²) in [6.07, 6.45) is -0.427. The highest BCUT2D eigenvalue weighted by molar-refractivity contribution is 5.84. The molecule has 2 rings (SSSR count). The number of carbonyl (C=O) groups excluding carboxylic acids is 1. The Morgan fingerprint density at radius 3 is 3.00 bits per heavy atom. The Labute approximate surface area is 103 Å². The smallest absolute Gasteiger partial charge is 0.362 e. The molecule has 0 aliphatic carbocycles. The van der Waals surface area contributed by atoms with Crippen molar-refractivity contribution < 1.29 is 13.9 Å². The van der Waals surface area contributed by atoms with E-state index in [-0.39, 0.29) is 6.61 Å². The molecule has 0 spiro atoms. The third-order valence-electron chi connectivity index (χ3n) is 2.58. The molecule has 2 aromatic rings. The molecule has 0 saturated carbocycles. The van der Waals surface area contributed by atoms with Crippen LogP contribution in [0.5, 0.6) is 0 Å². The van der Waals surface area contributed by atoms with Gasteiger partial charge in [0.15, 0.2) is 0 Å². The van der Waals surface area contributed by atoms with Crippen LogP contribution < -0.4 is 0 Å². The number of nitrogens with zero attached hydrogens (tertiary/aromatic N) is 2. The molecule has 1 aromatic carbocycles. The molecule has 4 nitrogen and oxygen atoms in total. The summed E-state index contributed by atoms with van der Waals surface area (Å²) in [5.74, 6) is -0.933. The summed E-state index contributed by atoms with van der Waals surface area (Å²) < 4.78 is 19.7. The van der Waals surface area contributed by atoms with E-state index < -0.39 is 12.3 Å². The van der Waals surface area contributed by atoms with Crippen molar-refractivity contribution in [2.24, 2.45) is 0 Å². The average molecular weight is 246 g/mol. The van der Waals surface area contributed by atoms with Crippen molar-refractivity contribution >= 4 is 16.9 Å². The molecule has 1 aromatic heterocycles. The van der Waals surface area contributed by atoms with E-state index in [0.29, 0.717) is 11.1 Å². The number of alkyl halides is 1. The lowest BCUT2D eigenvalue weighted by molar-refractivity contribution is -0.152. The molecule has 1 heterocycles. The van der Waals surface area contributed by atoms with Crippen LogP contribution in [0.1, 0.15) is 18.8 Å². The molecule has 1 atom stereocenters. The number of aromatic nitrogens is 1. The second-order valence-electron chi connectivity index (χ2n) is 3.70. The fourth-order valence-electron chi connectivity index (χ4n) is 1.74. The highest BCUT2D eigenvalue weighted by Gasteiger charge is 2.21. The molecule has 0 amide bonds. The van der Waals surface area contributed by atoms with E-state index >= 15 is 0 Å². The number of hydrogen-bond donors (Lipinski definition) is 0. The maximum Gasteiger partial charge on any atom is 0.362 e. The molecule has 92 valence electrons. The predicted octanol–water partition coefficient (Wildman–Crippen LogP) is 2.54. The Balaban J connectivity index is 2.45. The Kier molecular flexibility index (Phi) is 3.28. The summed E-state index contributed by atoms with van der Waals surface area (Å²) in [6.45, 7) is 1.74. The first kappa shape index (κ1) is 12.1. The topological polar surface area (TPSA) is 55.0 Å². The number of halogens is 1. The number of rotatable bonds is 3. The molecule has 0 radical (unpaired) electrons. The highest BCUT2D eigenvalue weighted by Crippen LogP contribution is 2.23. The van der Waals surface area contributed by atoms with Gasteiger partial charge in [0, 0.05) is 6.20 Å². The molecular weight excluding hydrogens is 235 g/mol. The Morgan fingerprint density at radius 1 is 1.56 bits per heavy atom. The van der Waals surface area contributed by atoms with Gasteiger partial charge in [0.25, 0.3) is 6.30 Å². The van der Waals surface area contributed by atoms with Crippen molar-refractivity contribution in [3.63, 3.8) is 0 Å². The number of ether oxygens (including phenoxy) is 1. The number of hydrogen-bond acceptors (Lipinski definition) is 3. The monoisotopic (exact) mass is 246 g/mol. The second kappa shape index (κ2) is 4.88. The van der Waals surface area contributed by atoms with Crippen molar-refractivity contribution in [1.29, 1.82) is 5.26 Å². The van der Waals surface area contributed by atoms with E-state index in [0.717, 1.165) is 9.95 Å². The summed E-state index contributed by atoms with van der Waals surface area (Å²) in [5.41, 5.74) is 0.910. The van der Waals surface area contributed by atoms with Gasteiger partial charge in [0.2, 0.25) is 0 Å². The zero-order chi connectivity index (χ0) is 13.1. The van der Waals surface area contributed by atoms with Crippen LogP contribution >= 0.6 is 0 Å². The van der Waals surface area contributed by atoms with Crippen LogP contribution in [0, 0.1) is 11.3 Å². The van der Waals surface area contributed by atoms with E-state index in [2.05, 4.69) is 4.74 Å². The molecule has 1 unspecified atom stereocenters. The summed E-state index contributed by atoms with van der Waals surface area (Å²) >= 11 is 0. The van der Waals surface area contributed by atoms with Crippen LogP contribution in [0.2, 0.25) is 0 Å². The van der Waals surface area contributed by atoms with Crippen molar-refractivity contribution in [1.82, 2.24) is 4.57 Å². The van der Waals surface area contributed by atoms with E-state index in [1.807, 2.05) is 6.07 Å². The molecule has 5 heteroatoms. The van der Waals surface area contributed by atoms with Crippen LogP contribution in [-0.2, 0) is 9.53 Å². The lowest BCUT2D eigenvalue weighted by Gasteiger charge is -2.10. The van der Waals surface area contributed by atoms with Gasteiger partial charge in [-0.25, -0.2) is 9.18 Å². The summed E-state index contributed by atoms with van der Waals surface area (Å²) in [7, 11) is 0. The standard InChI is InChI=1S/C13H11FN2O2/c1-2-18-13(17)12(14)16-6-5-10-4-3-9(8-15)7-11(10)16/h3-7,12H,2H2,1H3. The average Bonchev–Trinajstić information content (AvgIpc) is 2.80. The van der Waals surface area contributed by atoms with Crippen molar-refractivity contribution in [2.45, 2.75) is 13.2 Å². The van der Waals surface area contributed by atoms with Gasteiger partial charge in [-0.1, -0.05) is 6.07 Å². The molecular formula is C13H11FN2O2. The lowest BCUT2D eigenvalue weighted by atomic mass is 10.2. The van der Waals surface area contributed by atoms with Gasteiger partial charge in [0.05, 0.1) is 23.8 Å². The largest absolute Gasteiger partial charge is 0.462 e. The number of esters is 1. The van der Waals surface area contributed by atoms with E-state index in [9.17, 15) is 9.18 Å². The number of fused-ring (bicyclic) bond motifs is 1. The Bertz CT molecular complexity index is 627. The maximum absolute atomic E-state index is 13.9. The zero-order valence-corrected chi connectivity index (χ0v) is 9.76. The van der Waals surface area contributed by atoms with Gasteiger partial charge in [-0.3, -0.25) is 0 Å². The minimum atomic E-state index is -1.89. The van der Waals surface area contributed by atoms with Crippen LogP contribution in [0.3, 0.4) is 0 Å². The quantitative estimate of drug-likeness (QED) is 0.782. The normalized spacial score (nSPS) is 12.1. The summed E-state index contributed by atoms with van der Waals surface area (Å²) in [4.78, 5) is 11.4. The summed E-state index contributed by atoms with van der Waals surface area (Å²) in [5, 5.41) is 9.58. The van der Waals surface area contributed by atoms with E-state index in [1.54, 1.807) is 31.2 Å². The molecule has 0 fully saturated rings. The van der Waals surface area contributed by atoms with Crippen LogP contribution in [-0.4, -0.2) is 17.1 Å². The SMILES string of the molecule is CCOC(=O)C(F)n1ccc2ccc(C#N)cc21. The van der Waals surface area contributed by atoms with Crippen molar-refractivity contribution in [3.05, 3.63) is 36.0 Å². The van der Waals surface area contributed by atoms with Crippen molar-refractivity contribution in [2.75, 3.05) is 6.61 Å².